The molecule has 0 aliphatic heterocycles. The van der Waals surface area contributed by atoms with Crippen LogP contribution in [0, 0.1) is 0 Å². The van der Waals surface area contributed by atoms with Crippen molar-refractivity contribution in [2.45, 2.75) is 6.42 Å². The Balaban J connectivity index is 1.79. The van der Waals surface area contributed by atoms with E-state index in [2.05, 4.69) is 4.98 Å². The van der Waals surface area contributed by atoms with Crippen molar-refractivity contribution in [3.8, 4) is 11.7 Å². The summed E-state index contributed by atoms with van der Waals surface area (Å²) < 4.78 is 16.0. The molecular weight excluding hydrogens is 234 g/mol. The quantitative estimate of drug-likeness (QED) is 0.659. The fourth-order valence-corrected chi connectivity index (χ4v) is 1.63. The average molecular weight is 243 g/mol. The van der Waals surface area contributed by atoms with E-state index < -0.39 is 0 Å². The molecule has 0 atom stereocenters. The standard InChI is InChI=1S/C13H9NO4/c15-8-10-4-3-9(17-10)6-11-7-14-13(18-11)12-2-1-5-16-12/h1-5,7-8H,6H2. The van der Waals surface area contributed by atoms with Crippen molar-refractivity contribution in [3.63, 3.8) is 0 Å². The molecule has 90 valence electrons. The summed E-state index contributed by atoms with van der Waals surface area (Å²) in [7, 11) is 0. The monoisotopic (exact) mass is 243 g/mol. The Kier molecular flexibility index (Phi) is 2.57. The van der Waals surface area contributed by atoms with Gasteiger partial charge in [0.25, 0.3) is 5.89 Å². The molecule has 0 aliphatic rings. The van der Waals surface area contributed by atoms with Gasteiger partial charge in [-0.15, -0.1) is 0 Å². The summed E-state index contributed by atoms with van der Waals surface area (Å²) >= 11 is 0. The number of rotatable bonds is 4. The number of hydrogen-bond acceptors (Lipinski definition) is 5. The van der Waals surface area contributed by atoms with E-state index in [0.29, 0.717) is 41.6 Å². The van der Waals surface area contributed by atoms with Gasteiger partial charge in [-0.25, -0.2) is 4.98 Å². The molecular formula is C13H9NO4. The van der Waals surface area contributed by atoms with Crippen molar-refractivity contribution < 1.29 is 18.0 Å². The molecule has 0 amide bonds. The van der Waals surface area contributed by atoms with E-state index in [-0.39, 0.29) is 0 Å². The number of aromatic nitrogens is 1. The van der Waals surface area contributed by atoms with Gasteiger partial charge in [0.05, 0.1) is 18.9 Å². The van der Waals surface area contributed by atoms with Crippen LogP contribution in [-0.4, -0.2) is 11.3 Å². The largest absolute Gasteiger partial charge is 0.459 e. The molecule has 0 aliphatic carbocycles. The highest BCUT2D eigenvalue weighted by Crippen LogP contribution is 2.21. The fourth-order valence-electron chi connectivity index (χ4n) is 1.63. The third-order valence-corrected chi connectivity index (χ3v) is 2.43. The van der Waals surface area contributed by atoms with E-state index >= 15 is 0 Å². The maximum absolute atomic E-state index is 10.5. The number of furan rings is 2. The Morgan fingerprint density at radius 1 is 1.17 bits per heavy atom. The topological polar surface area (TPSA) is 69.4 Å². The van der Waals surface area contributed by atoms with E-state index in [9.17, 15) is 4.79 Å². The molecule has 0 bridgehead atoms. The molecule has 0 unspecified atom stereocenters. The lowest BCUT2D eigenvalue weighted by Gasteiger charge is -1.91. The van der Waals surface area contributed by atoms with Crippen molar-refractivity contribution in [1.82, 2.24) is 4.98 Å². The van der Waals surface area contributed by atoms with Gasteiger partial charge in [0.15, 0.2) is 17.8 Å². The molecule has 3 aromatic heterocycles. The molecule has 3 heterocycles. The summed E-state index contributed by atoms with van der Waals surface area (Å²) in [6.07, 6.45) is 4.28. The zero-order chi connectivity index (χ0) is 12.4. The number of carbonyl (C=O) groups excluding carboxylic acids is 1. The maximum atomic E-state index is 10.5. The molecule has 3 aromatic rings. The van der Waals surface area contributed by atoms with Gasteiger partial charge >= 0.3 is 0 Å². The van der Waals surface area contributed by atoms with Gasteiger partial charge in [-0.05, 0) is 24.3 Å². The second-order valence-electron chi connectivity index (χ2n) is 3.71. The van der Waals surface area contributed by atoms with Crippen molar-refractivity contribution in [3.05, 3.63) is 54.0 Å². The third-order valence-electron chi connectivity index (χ3n) is 2.43. The van der Waals surface area contributed by atoms with Gasteiger partial charge in [0, 0.05) is 0 Å². The van der Waals surface area contributed by atoms with Crippen LogP contribution >= 0.6 is 0 Å². The molecule has 0 fully saturated rings. The van der Waals surface area contributed by atoms with Crippen LogP contribution in [0.15, 0.2) is 50.0 Å². The summed E-state index contributed by atoms with van der Waals surface area (Å²) in [5.41, 5.74) is 0. The Hall–Kier alpha value is -2.56. The first kappa shape index (κ1) is 10.6. The number of aldehydes is 1. The van der Waals surface area contributed by atoms with Crippen molar-refractivity contribution >= 4 is 6.29 Å². The molecule has 0 radical (unpaired) electrons. The second-order valence-corrected chi connectivity index (χ2v) is 3.71. The summed E-state index contributed by atoms with van der Waals surface area (Å²) in [5.74, 6) is 2.61. The number of nitrogens with zero attached hydrogens (tertiary/aromatic N) is 1. The summed E-state index contributed by atoms with van der Waals surface area (Å²) in [6, 6.07) is 6.89. The minimum atomic E-state index is 0.302. The van der Waals surface area contributed by atoms with Crippen LogP contribution in [0.25, 0.3) is 11.7 Å². The maximum Gasteiger partial charge on any atom is 0.262 e. The molecule has 5 nitrogen and oxygen atoms in total. The van der Waals surface area contributed by atoms with Crippen LogP contribution < -0.4 is 0 Å². The first-order valence-electron chi connectivity index (χ1n) is 5.37. The fraction of sp³-hybridized carbons (Fsp3) is 0.0769. The summed E-state index contributed by atoms with van der Waals surface area (Å²) in [5, 5.41) is 0. The number of oxazole rings is 1. The van der Waals surface area contributed by atoms with E-state index in [1.54, 1.807) is 36.7 Å². The zero-order valence-electron chi connectivity index (χ0n) is 9.33. The average Bonchev–Trinajstić information content (AvgIpc) is 3.10. The molecule has 0 saturated carbocycles. The molecule has 0 saturated heterocycles. The number of carbonyl (C=O) groups is 1. The molecule has 0 aromatic carbocycles. The minimum absolute atomic E-state index is 0.302. The first-order valence-corrected chi connectivity index (χ1v) is 5.37. The Morgan fingerprint density at radius 2 is 2.11 bits per heavy atom. The zero-order valence-corrected chi connectivity index (χ0v) is 9.33. The van der Waals surface area contributed by atoms with Gasteiger partial charge in [-0.2, -0.15) is 0 Å². The SMILES string of the molecule is O=Cc1ccc(Cc2cnc(-c3ccco3)o2)o1. The summed E-state index contributed by atoms with van der Waals surface area (Å²) in [6.45, 7) is 0. The van der Waals surface area contributed by atoms with Crippen LogP contribution in [0.1, 0.15) is 22.1 Å². The molecule has 0 spiro atoms. The van der Waals surface area contributed by atoms with Crippen LogP contribution in [-0.2, 0) is 6.42 Å². The molecule has 3 rings (SSSR count). The smallest absolute Gasteiger partial charge is 0.262 e. The van der Waals surface area contributed by atoms with Crippen LogP contribution in [0.5, 0.6) is 0 Å². The first-order chi connectivity index (χ1) is 8.85. The van der Waals surface area contributed by atoms with Gasteiger partial charge < -0.3 is 13.3 Å². The predicted molar refractivity (Wildman–Crippen MR) is 61.1 cm³/mol. The van der Waals surface area contributed by atoms with E-state index in [1.165, 1.54) is 0 Å². The molecule has 18 heavy (non-hydrogen) atoms. The van der Waals surface area contributed by atoms with Crippen molar-refractivity contribution in [2.75, 3.05) is 0 Å². The third kappa shape index (κ3) is 1.98. The lowest BCUT2D eigenvalue weighted by Crippen LogP contribution is -1.81. The minimum Gasteiger partial charge on any atom is -0.459 e. The molecule has 5 heteroatoms. The highest BCUT2D eigenvalue weighted by Gasteiger charge is 2.11. The van der Waals surface area contributed by atoms with Crippen molar-refractivity contribution in [2.24, 2.45) is 0 Å². The van der Waals surface area contributed by atoms with E-state index in [4.69, 9.17) is 13.3 Å². The van der Waals surface area contributed by atoms with Gasteiger partial charge in [-0.3, -0.25) is 4.79 Å². The lowest BCUT2D eigenvalue weighted by atomic mass is 10.3. The Bertz CT molecular complexity index is 648. The van der Waals surface area contributed by atoms with Gasteiger partial charge in [0.2, 0.25) is 0 Å². The van der Waals surface area contributed by atoms with Gasteiger partial charge in [0.1, 0.15) is 11.5 Å². The second kappa shape index (κ2) is 4.37. The Morgan fingerprint density at radius 3 is 2.83 bits per heavy atom. The van der Waals surface area contributed by atoms with Crippen LogP contribution in [0.2, 0.25) is 0 Å². The number of hydrogen-bond donors (Lipinski definition) is 0. The summed E-state index contributed by atoms with van der Waals surface area (Å²) in [4.78, 5) is 14.6. The molecule has 0 N–H and O–H groups in total. The highest BCUT2D eigenvalue weighted by molar-refractivity contribution is 5.70. The predicted octanol–water partition coefficient (Wildman–Crippen LogP) is 2.93. The van der Waals surface area contributed by atoms with Crippen molar-refractivity contribution in [1.29, 1.82) is 0 Å². The Labute approximate surface area is 102 Å². The van der Waals surface area contributed by atoms with Gasteiger partial charge in [-0.1, -0.05) is 0 Å². The van der Waals surface area contributed by atoms with Crippen LogP contribution in [0.4, 0.5) is 0 Å². The van der Waals surface area contributed by atoms with E-state index in [1.807, 2.05) is 0 Å². The normalized spacial score (nSPS) is 10.7. The highest BCUT2D eigenvalue weighted by atomic mass is 16.4. The van der Waals surface area contributed by atoms with Crippen LogP contribution in [0.3, 0.4) is 0 Å². The van der Waals surface area contributed by atoms with E-state index in [0.717, 1.165) is 0 Å². The lowest BCUT2D eigenvalue weighted by molar-refractivity contribution is 0.109.